The fraction of sp³-hybridized carbons (Fsp3) is 0.455. The molecular weight excluding hydrogens is 492 g/mol. The minimum absolute atomic E-state index is 0.0231. The van der Waals surface area contributed by atoms with Crippen molar-refractivity contribution in [3.8, 4) is 0 Å². The zero-order chi connectivity index (χ0) is 26.7. The third-order valence-corrected chi connectivity index (χ3v) is 10.4. The Bertz CT molecular complexity index is 1320. The van der Waals surface area contributed by atoms with E-state index >= 15 is 0 Å². The van der Waals surface area contributed by atoms with Gasteiger partial charge in [-0.2, -0.15) is 0 Å². The minimum atomic E-state index is -0.643. The number of benzene rings is 1. The van der Waals surface area contributed by atoms with E-state index in [0.29, 0.717) is 6.61 Å². The molecule has 1 aromatic rings. The maximum atomic E-state index is 11.9. The van der Waals surface area contributed by atoms with Gasteiger partial charge < -0.3 is 9.84 Å². The molecule has 2 unspecified atom stereocenters. The van der Waals surface area contributed by atoms with E-state index in [9.17, 15) is 5.11 Å². The van der Waals surface area contributed by atoms with Gasteiger partial charge in [0, 0.05) is 27.6 Å². The number of thioether (sulfide) groups is 2. The van der Waals surface area contributed by atoms with Crippen LogP contribution in [0.15, 0.2) is 84.4 Å². The van der Waals surface area contributed by atoms with Crippen molar-refractivity contribution in [1.82, 2.24) is 0 Å². The molecule has 4 aliphatic rings. The number of ether oxygens (including phenoxy) is 1. The van der Waals surface area contributed by atoms with Gasteiger partial charge in [-0.3, -0.25) is 0 Å². The van der Waals surface area contributed by atoms with Gasteiger partial charge in [0.05, 0.1) is 0 Å². The first-order chi connectivity index (χ1) is 17.4. The van der Waals surface area contributed by atoms with Crippen molar-refractivity contribution in [3.63, 3.8) is 0 Å². The quantitative estimate of drug-likeness (QED) is 0.420. The van der Waals surface area contributed by atoms with Crippen LogP contribution in [0.25, 0.3) is 5.57 Å². The largest absolute Gasteiger partial charge is 0.384 e. The Balaban J connectivity index is 1.72. The van der Waals surface area contributed by atoms with E-state index in [4.69, 9.17) is 4.74 Å². The van der Waals surface area contributed by atoms with E-state index in [0.717, 1.165) is 29.6 Å². The van der Waals surface area contributed by atoms with Crippen LogP contribution in [0.4, 0.5) is 0 Å². The summed E-state index contributed by atoms with van der Waals surface area (Å²) in [4.78, 5) is 5.26. The van der Waals surface area contributed by atoms with Crippen LogP contribution in [0.5, 0.6) is 0 Å². The van der Waals surface area contributed by atoms with Gasteiger partial charge in [-0.1, -0.05) is 94.9 Å². The Morgan fingerprint density at radius 1 is 1.05 bits per heavy atom. The normalized spacial score (nSPS) is 28.9. The Hall–Kier alpha value is -1.72. The monoisotopic (exact) mass is 532 g/mol. The molecule has 0 bridgehead atoms. The maximum absolute atomic E-state index is 11.9. The third-order valence-electron chi connectivity index (χ3n) is 7.60. The summed E-state index contributed by atoms with van der Waals surface area (Å²) in [7, 11) is 0. The van der Waals surface area contributed by atoms with E-state index in [1.165, 1.54) is 41.9 Å². The average molecular weight is 533 g/mol. The van der Waals surface area contributed by atoms with Crippen LogP contribution in [0.1, 0.15) is 72.4 Å². The highest BCUT2D eigenvalue weighted by Crippen LogP contribution is 2.55. The number of rotatable bonds is 3. The van der Waals surface area contributed by atoms with Crippen molar-refractivity contribution in [2.24, 2.45) is 10.8 Å². The number of hydrogen-bond donors (Lipinski definition) is 1. The van der Waals surface area contributed by atoms with Crippen LogP contribution >= 0.6 is 23.5 Å². The number of aliphatic hydroxyl groups is 1. The molecule has 2 heterocycles. The Morgan fingerprint density at radius 3 is 2.46 bits per heavy atom. The second-order valence-electron chi connectivity index (χ2n) is 12.2. The fourth-order valence-corrected chi connectivity index (χ4v) is 7.71. The molecule has 2 aliphatic carbocycles. The molecule has 0 spiro atoms. The van der Waals surface area contributed by atoms with Crippen molar-refractivity contribution in [3.05, 3.63) is 90.6 Å². The molecule has 5 rings (SSSR count). The molecule has 0 aromatic heterocycles. The van der Waals surface area contributed by atoms with Gasteiger partial charge >= 0.3 is 0 Å². The standard InChI is InChI=1S/C33H40O2S2/c1-9-20-16-22(24-18-33(7,8)14-13-26(24)36-20)28-30(34)29(31(28)35-10-2)23-17-27(32(4,5)6)37-25-12-11-19(3)15-21(23)25/h11-17,30-31,34H,9-10,18H2,1-8H3/b28-22-,29-23-. The van der Waals surface area contributed by atoms with Gasteiger partial charge in [0.15, 0.2) is 0 Å². The summed E-state index contributed by atoms with van der Waals surface area (Å²) in [5.74, 6) is 0. The number of fused-ring (bicyclic) bond motifs is 1. The molecule has 1 fully saturated rings. The molecule has 196 valence electrons. The summed E-state index contributed by atoms with van der Waals surface area (Å²) >= 11 is 3.74. The van der Waals surface area contributed by atoms with E-state index in [1.807, 2.05) is 23.5 Å². The van der Waals surface area contributed by atoms with Crippen LogP contribution in [0.2, 0.25) is 0 Å². The molecule has 0 saturated heterocycles. The van der Waals surface area contributed by atoms with Crippen LogP contribution in [-0.2, 0) is 4.74 Å². The first-order valence-electron chi connectivity index (χ1n) is 13.5. The molecule has 2 atom stereocenters. The predicted octanol–water partition coefficient (Wildman–Crippen LogP) is 9.14. The SMILES string of the molecule is CCOC1/C(=C2/C=C(CC)SC3=C2CC(C)(C)C=C3)C(O)/C1=C1\C=C(C(C)(C)C)Sc2ccc(C)cc21. The lowest BCUT2D eigenvalue weighted by atomic mass is 9.69. The molecule has 4 heteroatoms. The lowest BCUT2D eigenvalue weighted by Gasteiger charge is -2.44. The average Bonchev–Trinajstić information content (AvgIpc) is 2.83. The summed E-state index contributed by atoms with van der Waals surface area (Å²) in [5, 5.41) is 11.9. The second-order valence-corrected chi connectivity index (χ2v) is 14.5. The van der Waals surface area contributed by atoms with E-state index in [2.05, 4.69) is 97.9 Å². The van der Waals surface area contributed by atoms with Crippen molar-refractivity contribution < 1.29 is 9.84 Å². The van der Waals surface area contributed by atoms with Crippen molar-refractivity contribution in [2.45, 2.75) is 85.3 Å². The lowest BCUT2D eigenvalue weighted by Crippen LogP contribution is -2.45. The molecule has 0 radical (unpaired) electrons. The van der Waals surface area contributed by atoms with Gasteiger partial charge in [0.1, 0.15) is 12.2 Å². The summed E-state index contributed by atoms with van der Waals surface area (Å²) in [6, 6.07) is 6.69. The smallest absolute Gasteiger partial charge is 0.107 e. The molecular formula is C33H40O2S2. The van der Waals surface area contributed by atoms with E-state index in [1.54, 1.807) is 0 Å². The number of hydrogen-bond acceptors (Lipinski definition) is 4. The highest BCUT2D eigenvalue weighted by molar-refractivity contribution is 8.07. The lowest BCUT2D eigenvalue weighted by molar-refractivity contribution is 0.0417. The summed E-state index contributed by atoms with van der Waals surface area (Å²) < 4.78 is 6.46. The van der Waals surface area contributed by atoms with Crippen LogP contribution in [0.3, 0.4) is 0 Å². The minimum Gasteiger partial charge on any atom is -0.384 e. The van der Waals surface area contributed by atoms with Crippen LogP contribution in [0, 0.1) is 17.8 Å². The predicted molar refractivity (Wildman–Crippen MR) is 160 cm³/mol. The van der Waals surface area contributed by atoms with Crippen molar-refractivity contribution in [1.29, 1.82) is 0 Å². The van der Waals surface area contributed by atoms with Crippen LogP contribution < -0.4 is 0 Å². The Morgan fingerprint density at radius 2 is 1.78 bits per heavy atom. The topological polar surface area (TPSA) is 29.5 Å². The first kappa shape index (κ1) is 26.9. The molecule has 1 saturated carbocycles. The molecule has 1 aromatic carbocycles. The van der Waals surface area contributed by atoms with Crippen LogP contribution in [-0.4, -0.2) is 23.9 Å². The molecule has 2 nitrogen and oxygen atoms in total. The Labute approximate surface area is 231 Å². The first-order valence-corrected chi connectivity index (χ1v) is 15.2. The third kappa shape index (κ3) is 4.91. The Kier molecular flexibility index (Phi) is 7.11. The molecule has 1 N–H and O–H groups in total. The molecule has 37 heavy (non-hydrogen) atoms. The van der Waals surface area contributed by atoms with Gasteiger partial charge in [-0.05, 0) is 87.8 Å². The van der Waals surface area contributed by atoms with Crippen molar-refractivity contribution >= 4 is 29.1 Å². The number of allylic oxidation sites excluding steroid dienone is 9. The molecule has 0 amide bonds. The highest BCUT2D eigenvalue weighted by atomic mass is 32.2. The number of aryl methyl sites for hydroxylation is 1. The number of aliphatic hydroxyl groups excluding tert-OH is 1. The second kappa shape index (κ2) is 9.79. The molecule has 2 aliphatic heterocycles. The fourth-order valence-electron chi connectivity index (χ4n) is 5.54. The van der Waals surface area contributed by atoms with E-state index < -0.39 is 6.10 Å². The van der Waals surface area contributed by atoms with Gasteiger partial charge in [-0.15, -0.1) is 0 Å². The summed E-state index contributed by atoms with van der Waals surface area (Å²) in [5.41, 5.74) is 8.31. The summed E-state index contributed by atoms with van der Waals surface area (Å²) in [6.07, 6.45) is 10.4. The zero-order valence-corrected chi connectivity index (χ0v) is 25.1. The highest BCUT2D eigenvalue weighted by Gasteiger charge is 2.46. The van der Waals surface area contributed by atoms with Crippen molar-refractivity contribution in [2.75, 3.05) is 6.61 Å². The van der Waals surface area contributed by atoms with E-state index in [-0.39, 0.29) is 16.9 Å². The zero-order valence-electron chi connectivity index (χ0n) is 23.5. The van der Waals surface area contributed by atoms with Gasteiger partial charge in [0.25, 0.3) is 0 Å². The summed E-state index contributed by atoms with van der Waals surface area (Å²) in [6.45, 7) is 18.4. The van der Waals surface area contributed by atoms with Gasteiger partial charge in [0.2, 0.25) is 0 Å². The van der Waals surface area contributed by atoms with Gasteiger partial charge in [-0.25, -0.2) is 0 Å². The maximum Gasteiger partial charge on any atom is 0.107 e.